The minimum Gasteiger partial charge on any atom is -0.388 e. The van der Waals surface area contributed by atoms with Gasteiger partial charge in [0.25, 0.3) is 0 Å². The molecule has 0 bridgehead atoms. The van der Waals surface area contributed by atoms with Gasteiger partial charge < -0.3 is 10.4 Å². The summed E-state index contributed by atoms with van der Waals surface area (Å²) in [5.74, 6) is -0.300. The summed E-state index contributed by atoms with van der Waals surface area (Å²) in [6.07, 6.45) is 1.25. The largest absolute Gasteiger partial charge is 0.388 e. The molecule has 5 heteroatoms. The van der Waals surface area contributed by atoms with Crippen LogP contribution in [-0.2, 0) is 4.79 Å². The maximum absolute atomic E-state index is 13.1. The third kappa shape index (κ3) is 4.87. The molecule has 2 aromatic carbocycles. The van der Waals surface area contributed by atoms with Crippen molar-refractivity contribution in [3.8, 4) is 0 Å². The van der Waals surface area contributed by atoms with E-state index in [0.29, 0.717) is 5.69 Å². The first-order chi connectivity index (χ1) is 12.1. The number of hydrogen-bond acceptors (Lipinski definition) is 3. The summed E-state index contributed by atoms with van der Waals surface area (Å²) in [7, 11) is 0. The Labute approximate surface area is 147 Å². The van der Waals surface area contributed by atoms with Gasteiger partial charge in [-0.3, -0.25) is 9.69 Å². The number of nitrogens with zero attached hydrogens (tertiary/aromatic N) is 1. The molecule has 1 heterocycles. The summed E-state index contributed by atoms with van der Waals surface area (Å²) in [6.45, 7) is 1.82. The van der Waals surface area contributed by atoms with Gasteiger partial charge in [0.1, 0.15) is 5.82 Å². The number of piperidine rings is 1. The van der Waals surface area contributed by atoms with Gasteiger partial charge in [-0.1, -0.05) is 36.4 Å². The van der Waals surface area contributed by atoms with Crippen molar-refractivity contribution in [2.75, 3.05) is 25.0 Å². The normalized spacial score (nSPS) is 17.2. The number of nitrogens with one attached hydrogen (secondary N) is 1. The highest BCUT2D eigenvalue weighted by atomic mass is 19.1. The fraction of sp³-hybridized carbons (Fsp3) is 0.350. The molecule has 4 nitrogen and oxygen atoms in total. The number of halogens is 1. The Morgan fingerprint density at radius 1 is 1.16 bits per heavy atom. The van der Waals surface area contributed by atoms with Gasteiger partial charge in [-0.2, -0.15) is 0 Å². The topological polar surface area (TPSA) is 52.6 Å². The highest BCUT2D eigenvalue weighted by Gasteiger charge is 2.26. The molecule has 0 aromatic heterocycles. The lowest BCUT2D eigenvalue weighted by atomic mass is 9.87. The Balaban J connectivity index is 1.47. The molecule has 0 saturated carbocycles. The highest BCUT2D eigenvalue weighted by Crippen LogP contribution is 2.30. The first-order valence-corrected chi connectivity index (χ1v) is 8.62. The van der Waals surface area contributed by atoms with E-state index in [2.05, 4.69) is 10.2 Å². The van der Waals surface area contributed by atoms with Gasteiger partial charge in [0, 0.05) is 5.69 Å². The second-order valence-corrected chi connectivity index (χ2v) is 6.53. The lowest BCUT2D eigenvalue weighted by molar-refractivity contribution is -0.117. The average molecular weight is 342 g/mol. The average Bonchev–Trinajstić information content (AvgIpc) is 2.62. The van der Waals surface area contributed by atoms with Crippen LogP contribution in [-0.4, -0.2) is 35.5 Å². The van der Waals surface area contributed by atoms with Crippen molar-refractivity contribution in [1.82, 2.24) is 4.90 Å². The Hall–Kier alpha value is -2.24. The van der Waals surface area contributed by atoms with Gasteiger partial charge >= 0.3 is 0 Å². The van der Waals surface area contributed by atoms with Crippen LogP contribution in [0.5, 0.6) is 0 Å². The first kappa shape index (κ1) is 17.6. The highest BCUT2D eigenvalue weighted by molar-refractivity contribution is 5.92. The molecule has 3 rings (SSSR count). The van der Waals surface area contributed by atoms with Crippen LogP contribution in [0.4, 0.5) is 10.1 Å². The summed E-state index contributed by atoms with van der Waals surface area (Å²) in [5, 5.41) is 13.2. The van der Waals surface area contributed by atoms with Crippen LogP contribution >= 0.6 is 0 Å². The number of rotatable bonds is 5. The van der Waals surface area contributed by atoms with Gasteiger partial charge in [-0.25, -0.2) is 4.39 Å². The van der Waals surface area contributed by atoms with Crippen molar-refractivity contribution in [2.45, 2.75) is 18.9 Å². The van der Waals surface area contributed by atoms with Crippen LogP contribution in [0.15, 0.2) is 54.6 Å². The van der Waals surface area contributed by atoms with E-state index in [4.69, 9.17) is 0 Å². The molecular weight excluding hydrogens is 319 g/mol. The lowest BCUT2D eigenvalue weighted by Gasteiger charge is -2.34. The quantitative estimate of drug-likeness (QED) is 0.877. The van der Waals surface area contributed by atoms with Crippen molar-refractivity contribution in [1.29, 1.82) is 0 Å². The van der Waals surface area contributed by atoms with Crippen molar-refractivity contribution in [2.24, 2.45) is 5.92 Å². The van der Waals surface area contributed by atoms with Crippen molar-refractivity contribution < 1.29 is 14.3 Å². The number of carbonyl (C=O) groups excluding carboxylic acids is 1. The Morgan fingerprint density at radius 3 is 2.56 bits per heavy atom. The number of anilines is 1. The third-order valence-corrected chi connectivity index (χ3v) is 4.70. The van der Waals surface area contributed by atoms with E-state index in [-0.39, 0.29) is 24.2 Å². The van der Waals surface area contributed by atoms with E-state index in [1.807, 2.05) is 30.3 Å². The first-order valence-electron chi connectivity index (χ1n) is 8.62. The number of aliphatic hydroxyl groups is 1. The zero-order chi connectivity index (χ0) is 17.6. The van der Waals surface area contributed by atoms with E-state index in [1.165, 1.54) is 12.1 Å². The van der Waals surface area contributed by atoms with Crippen LogP contribution in [0, 0.1) is 11.7 Å². The molecule has 1 saturated heterocycles. The van der Waals surface area contributed by atoms with E-state index >= 15 is 0 Å². The molecule has 1 unspecified atom stereocenters. The van der Waals surface area contributed by atoms with Crippen LogP contribution in [0.1, 0.15) is 24.5 Å². The predicted molar refractivity (Wildman–Crippen MR) is 95.6 cm³/mol. The maximum atomic E-state index is 13.1. The molecule has 1 amide bonds. The summed E-state index contributed by atoms with van der Waals surface area (Å²) >= 11 is 0. The van der Waals surface area contributed by atoms with Crippen LogP contribution < -0.4 is 5.32 Å². The lowest BCUT2D eigenvalue weighted by Crippen LogP contribution is -2.40. The van der Waals surface area contributed by atoms with E-state index in [1.54, 1.807) is 12.1 Å². The molecule has 2 N–H and O–H groups in total. The number of hydrogen-bond donors (Lipinski definition) is 2. The van der Waals surface area contributed by atoms with Gasteiger partial charge in [0.2, 0.25) is 5.91 Å². The monoisotopic (exact) mass is 342 g/mol. The van der Waals surface area contributed by atoms with E-state index in [0.717, 1.165) is 31.5 Å². The molecule has 1 aliphatic rings. The van der Waals surface area contributed by atoms with Crippen molar-refractivity contribution in [3.05, 3.63) is 66.0 Å². The van der Waals surface area contributed by atoms with Gasteiger partial charge in [0.15, 0.2) is 0 Å². The molecule has 0 aliphatic carbocycles. The van der Waals surface area contributed by atoms with E-state index < -0.39 is 6.10 Å². The standard InChI is InChI=1S/C20H23FN2O2/c21-17-7-4-8-18(13-17)22-19(24)14-23-11-9-16(10-12-23)20(25)15-5-2-1-3-6-15/h1-8,13,16,20,25H,9-12,14H2,(H,22,24). The minimum atomic E-state index is -0.454. The summed E-state index contributed by atoms with van der Waals surface area (Å²) < 4.78 is 13.1. The Bertz CT molecular complexity index is 700. The molecule has 0 spiro atoms. The molecule has 1 fully saturated rings. The fourth-order valence-corrected chi connectivity index (χ4v) is 3.32. The van der Waals surface area contributed by atoms with Crippen molar-refractivity contribution >= 4 is 11.6 Å². The number of likely N-dealkylation sites (tertiary alicyclic amines) is 1. The molecular formula is C20H23FN2O2. The smallest absolute Gasteiger partial charge is 0.238 e. The minimum absolute atomic E-state index is 0.146. The third-order valence-electron chi connectivity index (χ3n) is 4.70. The van der Waals surface area contributed by atoms with Crippen LogP contribution in [0.2, 0.25) is 0 Å². The van der Waals surface area contributed by atoms with Crippen molar-refractivity contribution in [3.63, 3.8) is 0 Å². The summed E-state index contributed by atoms with van der Waals surface area (Å²) in [6, 6.07) is 15.6. The molecule has 132 valence electrons. The summed E-state index contributed by atoms with van der Waals surface area (Å²) in [5.41, 5.74) is 1.42. The van der Waals surface area contributed by atoms with E-state index in [9.17, 15) is 14.3 Å². The van der Waals surface area contributed by atoms with Gasteiger partial charge in [-0.05, 0) is 55.6 Å². The maximum Gasteiger partial charge on any atom is 0.238 e. The molecule has 0 radical (unpaired) electrons. The Morgan fingerprint density at radius 2 is 1.88 bits per heavy atom. The summed E-state index contributed by atoms with van der Waals surface area (Å²) in [4.78, 5) is 14.2. The molecule has 25 heavy (non-hydrogen) atoms. The SMILES string of the molecule is O=C(CN1CCC(C(O)c2ccccc2)CC1)Nc1cccc(F)c1. The van der Waals surface area contributed by atoms with Crippen LogP contribution in [0.3, 0.4) is 0 Å². The number of amides is 1. The second kappa shape index (κ2) is 8.23. The second-order valence-electron chi connectivity index (χ2n) is 6.53. The zero-order valence-electron chi connectivity index (χ0n) is 14.1. The number of carbonyl (C=O) groups is 1. The molecule has 1 atom stereocenters. The fourth-order valence-electron chi connectivity index (χ4n) is 3.32. The molecule has 2 aromatic rings. The molecule has 1 aliphatic heterocycles. The predicted octanol–water partition coefficient (Wildman–Crippen LogP) is 3.21. The number of benzene rings is 2. The van der Waals surface area contributed by atoms with Gasteiger partial charge in [0.05, 0.1) is 12.6 Å². The van der Waals surface area contributed by atoms with Crippen LogP contribution in [0.25, 0.3) is 0 Å². The van der Waals surface area contributed by atoms with Gasteiger partial charge in [-0.15, -0.1) is 0 Å². The number of aliphatic hydroxyl groups excluding tert-OH is 1. The zero-order valence-corrected chi connectivity index (χ0v) is 14.1. The Kier molecular flexibility index (Phi) is 5.79.